The van der Waals surface area contributed by atoms with Gasteiger partial charge in [-0.2, -0.15) is 0 Å². The van der Waals surface area contributed by atoms with Crippen LogP contribution in [0.5, 0.6) is 11.5 Å². The van der Waals surface area contributed by atoms with Gasteiger partial charge < -0.3 is 15.2 Å². The standard InChI is InChI=1S/C16H17Br2NO2/c1-20-15-6-4-11(17)7-10(15)8-14(19)13-5-3-12(18)9-16(13)21-2/h3-7,9,14H,8,19H2,1-2H3. The first-order chi connectivity index (χ1) is 10.0. The molecule has 2 aromatic carbocycles. The summed E-state index contributed by atoms with van der Waals surface area (Å²) in [6.45, 7) is 0. The second-order valence-electron chi connectivity index (χ2n) is 4.65. The molecule has 0 aliphatic heterocycles. The molecule has 21 heavy (non-hydrogen) atoms. The lowest BCUT2D eigenvalue weighted by Crippen LogP contribution is -2.15. The summed E-state index contributed by atoms with van der Waals surface area (Å²) in [6.07, 6.45) is 0.667. The monoisotopic (exact) mass is 413 g/mol. The molecule has 0 fully saturated rings. The molecular formula is C16H17Br2NO2. The van der Waals surface area contributed by atoms with Gasteiger partial charge in [0.1, 0.15) is 11.5 Å². The Morgan fingerprint density at radius 3 is 2.24 bits per heavy atom. The summed E-state index contributed by atoms with van der Waals surface area (Å²) >= 11 is 6.92. The summed E-state index contributed by atoms with van der Waals surface area (Å²) < 4.78 is 12.8. The first-order valence-electron chi connectivity index (χ1n) is 6.46. The molecule has 2 aromatic rings. The van der Waals surface area contributed by atoms with Gasteiger partial charge in [0.05, 0.1) is 14.2 Å². The van der Waals surface area contributed by atoms with E-state index in [0.29, 0.717) is 6.42 Å². The Labute approximate surface area is 141 Å². The molecule has 0 radical (unpaired) electrons. The SMILES string of the molecule is COc1ccc(Br)cc1CC(N)c1ccc(Br)cc1OC. The van der Waals surface area contributed by atoms with Gasteiger partial charge in [0.25, 0.3) is 0 Å². The van der Waals surface area contributed by atoms with Crippen molar-refractivity contribution >= 4 is 31.9 Å². The van der Waals surface area contributed by atoms with Crippen LogP contribution in [0.4, 0.5) is 0 Å². The van der Waals surface area contributed by atoms with Crippen LogP contribution < -0.4 is 15.2 Å². The van der Waals surface area contributed by atoms with Crippen LogP contribution in [-0.4, -0.2) is 14.2 Å². The van der Waals surface area contributed by atoms with Gasteiger partial charge in [-0.15, -0.1) is 0 Å². The normalized spacial score (nSPS) is 12.0. The third kappa shape index (κ3) is 3.99. The lowest BCUT2D eigenvalue weighted by Gasteiger charge is -2.18. The lowest BCUT2D eigenvalue weighted by molar-refractivity contribution is 0.400. The Bertz CT molecular complexity index is 632. The molecule has 0 heterocycles. The Morgan fingerprint density at radius 2 is 1.57 bits per heavy atom. The Morgan fingerprint density at radius 1 is 0.952 bits per heavy atom. The average molecular weight is 415 g/mol. The second kappa shape index (κ2) is 7.29. The van der Waals surface area contributed by atoms with E-state index in [1.165, 1.54) is 0 Å². The van der Waals surface area contributed by atoms with Crippen molar-refractivity contribution in [3.63, 3.8) is 0 Å². The number of benzene rings is 2. The minimum Gasteiger partial charge on any atom is -0.496 e. The van der Waals surface area contributed by atoms with Gasteiger partial charge in [-0.05, 0) is 42.3 Å². The quantitative estimate of drug-likeness (QED) is 0.784. The maximum absolute atomic E-state index is 6.36. The molecule has 3 nitrogen and oxygen atoms in total. The van der Waals surface area contributed by atoms with Crippen molar-refractivity contribution in [1.82, 2.24) is 0 Å². The van der Waals surface area contributed by atoms with Crippen molar-refractivity contribution in [2.75, 3.05) is 14.2 Å². The van der Waals surface area contributed by atoms with Crippen LogP contribution in [0.1, 0.15) is 17.2 Å². The molecule has 0 amide bonds. The average Bonchev–Trinajstić information content (AvgIpc) is 2.47. The fourth-order valence-corrected chi connectivity index (χ4v) is 2.99. The van der Waals surface area contributed by atoms with Gasteiger partial charge >= 0.3 is 0 Å². The van der Waals surface area contributed by atoms with Crippen molar-refractivity contribution in [3.05, 3.63) is 56.5 Å². The Hall–Kier alpha value is -1.04. The highest BCUT2D eigenvalue weighted by Gasteiger charge is 2.15. The molecule has 2 rings (SSSR count). The highest BCUT2D eigenvalue weighted by atomic mass is 79.9. The molecule has 0 aliphatic carbocycles. The van der Waals surface area contributed by atoms with E-state index in [1.54, 1.807) is 14.2 Å². The molecule has 0 aliphatic rings. The van der Waals surface area contributed by atoms with Crippen molar-refractivity contribution in [3.8, 4) is 11.5 Å². The highest BCUT2D eigenvalue weighted by Crippen LogP contribution is 2.32. The minimum absolute atomic E-state index is 0.170. The molecule has 2 N–H and O–H groups in total. The zero-order valence-corrected chi connectivity index (χ0v) is 15.1. The van der Waals surface area contributed by atoms with E-state index in [-0.39, 0.29) is 6.04 Å². The van der Waals surface area contributed by atoms with Gasteiger partial charge in [-0.25, -0.2) is 0 Å². The number of nitrogens with two attached hydrogens (primary N) is 1. The van der Waals surface area contributed by atoms with Crippen molar-refractivity contribution < 1.29 is 9.47 Å². The van der Waals surface area contributed by atoms with E-state index in [2.05, 4.69) is 31.9 Å². The Kier molecular flexibility index (Phi) is 5.67. The zero-order chi connectivity index (χ0) is 15.4. The lowest BCUT2D eigenvalue weighted by atomic mass is 9.98. The van der Waals surface area contributed by atoms with Crippen LogP contribution in [0.3, 0.4) is 0 Å². The third-order valence-corrected chi connectivity index (χ3v) is 4.26. The summed E-state index contributed by atoms with van der Waals surface area (Å²) in [5.74, 6) is 1.62. The fourth-order valence-electron chi connectivity index (χ4n) is 2.24. The number of rotatable bonds is 5. The fraction of sp³-hybridized carbons (Fsp3) is 0.250. The first kappa shape index (κ1) is 16.3. The van der Waals surface area contributed by atoms with Crippen LogP contribution in [0.15, 0.2) is 45.3 Å². The van der Waals surface area contributed by atoms with Gasteiger partial charge in [-0.1, -0.05) is 37.9 Å². The number of hydrogen-bond donors (Lipinski definition) is 1. The van der Waals surface area contributed by atoms with Gasteiger partial charge in [0.2, 0.25) is 0 Å². The third-order valence-electron chi connectivity index (χ3n) is 3.28. The number of halogens is 2. The van der Waals surface area contributed by atoms with E-state index in [9.17, 15) is 0 Å². The van der Waals surface area contributed by atoms with E-state index in [4.69, 9.17) is 15.2 Å². The molecule has 0 aromatic heterocycles. The summed E-state index contributed by atoms with van der Waals surface area (Å²) in [4.78, 5) is 0. The van der Waals surface area contributed by atoms with E-state index >= 15 is 0 Å². The molecule has 0 saturated carbocycles. The van der Waals surface area contributed by atoms with Gasteiger partial charge in [0, 0.05) is 20.6 Å². The summed E-state index contributed by atoms with van der Waals surface area (Å²) in [5, 5.41) is 0. The van der Waals surface area contributed by atoms with Crippen molar-refractivity contribution in [2.45, 2.75) is 12.5 Å². The van der Waals surface area contributed by atoms with Gasteiger partial charge in [0.15, 0.2) is 0 Å². The molecule has 0 bridgehead atoms. The van der Waals surface area contributed by atoms with Crippen LogP contribution in [0.2, 0.25) is 0 Å². The van der Waals surface area contributed by atoms with Crippen LogP contribution in [-0.2, 0) is 6.42 Å². The molecule has 1 atom stereocenters. The van der Waals surface area contributed by atoms with E-state index < -0.39 is 0 Å². The van der Waals surface area contributed by atoms with Crippen LogP contribution in [0, 0.1) is 0 Å². The predicted octanol–water partition coefficient (Wildman–Crippen LogP) is 4.47. The van der Waals surface area contributed by atoms with Gasteiger partial charge in [-0.3, -0.25) is 0 Å². The van der Waals surface area contributed by atoms with E-state index in [0.717, 1.165) is 31.6 Å². The van der Waals surface area contributed by atoms with Crippen LogP contribution in [0.25, 0.3) is 0 Å². The summed E-state index contributed by atoms with van der Waals surface area (Å²) in [7, 11) is 3.32. The van der Waals surface area contributed by atoms with Crippen molar-refractivity contribution in [2.24, 2.45) is 5.73 Å². The first-order valence-corrected chi connectivity index (χ1v) is 8.05. The minimum atomic E-state index is -0.170. The molecule has 1 unspecified atom stereocenters. The maximum atomic E-state index is 6.36. The predicted molar refractivity (Wildman–Crippen MR) is 92.0 cm³/mol. The largest absolute Gasteiger partial charge is 0.496 e. The number of methoxy groups -OCH3 is 2. The Balaban J connectivity index is 2.30. The summed E-state index contributed by atoms with van der Waals surface area (Å²) in [5.41, 5.74) is 8.40. The molecule has 0 spiro atoms. The molecule has 0 saturated heterocycles. The zero-order valence-electron chi connectivity index (χ0n) is 11.9. The van der Waals surface area contributed by atoms with Crippen LogP contribution >= 0.6 is 31.9 Å². The van der Waals surface area contributed by atoms with Crippen molar-refractivity contribution in [1.29, 1.82) is 0 Å². The number of hydrogen-bond acceptors (Lipinski definition) is 3. The highest BCUT2D eigenvalue weighted by molar-refractivity contribution is 9.10. The smallest absolute Gasteiger partial charge is 0.124 e. The van der Waals surface area contributed by atoms with E-state index in [1.807, 2.05) is 36.4 Å². The molecule has 5 heteroatoms. The second-order valence-corrected chi connectivity index (χ2v) is 6.48. The molecular weight excluding hydrogens is 398 g/mol. The summed E-state index contributed by atoms with van der Waals surface area (Å²) in [6, 6.07) is 11.6. The molecule has 112 valence electrons. The topological polar surface area (TPSA) is 44.5 Å². The maximum Gasteiger partial charge on any atom is 0.124 e. The number of ether oxygens (including phenoxy) is 2.